The molecule has 0 unspecified atom stereocenters. The number of nitrogens with zero attached hydrogens (tertiary/aromatic N) is 1. The van der Waals surface area contributed by atoms with Gasteiger partial charge in [0.05, 0.1) is 13.2 Å². The lowest BCUT2D eigenvalue weighted by Gasteiger charge is -2.21. The number of nitrogens with two attached hydrogens (primary N) is 1. The Morgan fingerprint density at radius 2 is 1.74 bits per heavy atom. The van der Waals surface area contributed by atoms with Gasteiger partial charge in [0, 0.05) is 33.0 Å². The molecule has 1 aromatic rings. The SMILES string of the molecule is COCCN(CCCc1cccc(N)c1)CCOC. The van der Waals surface area contributed by atoms with Gasteiger partial charge in [-0.1, -0.05) is 12.1 Å². The van der Waals surface area contributed by atoms with Gasteiger partial charge in [-0.25, -0.2) is 0 Å². The summed E-state index contributed by atoms with van der Waals surface area (Å²) in [5.74, 6) is 0. The third-order valence-electron chi connectivity index (χ3n) is 3.11. The maximum atomic E-state index is 5.78. The molecule has 0 fully saturated rings. The molecule has 1 aromatic carbocycles. The largest absolute Gasteiger partial charge is 0.399 e. The average molecular weight is 266 g/mol. The Bertz CT molecular complexity index is 337. The monoisotopic (exact) mass is 266 g/mol. The summed E-state index contributed by atoms with van der Waals surface area (Å²) < 4.78 is 10.3. The van der Waals surface area contributed by atoms with Gasteiger partial charge in [-0.05, 0) is 37.1 Å². The van der Waals surface area contributed by atoms with E-state index in [-0.39, 0.29) is 0 Å². The number of anilines is 1. The third-order valence-corrected chi connectivity index (χ3v) is 3.11. The van der Waals surface area contributed by atoms with E-state index in [9.17, 15) is 0 Å². The van der Waals surface area contributed by atoms with Gasteiger partial charge in [0.1, 0.15) is 0 Å². The normalized spacial score (nSPS) is 11.1. The number of hydrogen-bond donors (Lipinski definition) is 1. The minimum Gasteiger partial charge on any atom is -0.399 e. The van der Waals surface area contributed by atoms with Gasteiger partial charge in [-0.3, -0.25) is 4.90 Å². The van der Waals surface area contributed by atoms with Gasteiger partial charge in [-0.15, -0.1) is 0 Å². The van der Waals surface area contributed by atoms with E-state index < -0.39 is 0 Å². The molecule has 0 aliphatic heterocycles. The van der Waals surface area contributed by atoms with Crippen molar-refractivity contribution in [2.24, 2.45) is 0 Å². The molecule has 4 heteroatoms. The Morgan fingerprint density at radius 3 is 2.32 bits per heavy atom. The maximum Gasteiger partial charge on any atom is 0.0589 e. The predicted octanol–water partition coefficient (Wildman–Crippen LogP) is 1.80. The van der Waals surface area contributed by atoms with E-state index in [2.05, 4.69) is 17.0 Å². The van der Waals surface area contributed by atoms with Crippen LogP contribution in [-0.4, -0.2) is 52.0 Å². The molecule has 1 rings (SSSR count). The van der Waals surface area contributed by atoms with E-state index in [1.807, 2.05) is 12.1 Å². The zero-order valence-electron chi connectivity index (χ0n) is 12.1. The van der Waals surface area contributed by atoms with Crippen LogP contribution in [0.4, 0.5) is 5.69 Å². The Kier molecular flexibility index (Phi) is 8.21. The molecule has 0 amide bonds. The van der Waals surface area contributed by atoms with Crippen molar-refractivity contribution < 1.29 is 9.47 Å². The Hall–Kier alpha value is -1.10. The van der Waals surface area contributed by atoms with Crippen molar-refractivity contribution in [2.45, 2.75) is 12.8 Å². The summed E-state index contributed by atoms with van der Waals surface area (Å²) in [6.45, 7) is 4.50. The van der Waals surface area contributed by atoms with Gasteiger partial charge in [0.2, 0.25) is 0 Å². The van der Waals surface area contributed by atoms with Crippen molar-refractivity contribution >= 4 is 5.69 Å². The van der Waals surface area contributed by atoms with Gasteiger partial charge in [0.25, 0.3) is 0 Å². The Balaban J connectivity index is 2.29. The zero-order valence-corrected chi connectivity index (χ0v) is 12.1. The molecule has 0 bridgehead atoms. The smallest absolute Gasteiger partial charge is 0.0589 e. The van der Waals surface area contributed by atoms with Crippen molar-refractivity contribution in [1.82, 2.24) is 4.90 Å². The second-order valence-electron chi connectivity index (χ2n) is 4.68. The lowest BCUT2D eigenvalue weighted by atomic mass is 10.1. The van der Waals surface area contributed by atoms with Crippen LogP contribution in [-0.2, 0) is 15.9 Å². The van der Waals surface area contributed by atoms with Crippen molar-refractivity contribution in [2.75, 3.05) is 52.8 Å². The van der Waals surface area contributed by atoms with Gasteiger partial charge >= 0.3 is 0 Å². The molecule has 4 nitrogen and oxygen atoms in total. The maximum absolute atomic E-state index is 5.78. The van der Waals surface area contributed by atoms with Crippen LogP contribution in [0.15, 0.2) is 24.3 Å². The molecule has 0 saturated heterocycles. The van der Waals surface area contributed by atoms with Crippen LogP contribution in [0, 0.1) is 0 Å². The molecule has 108 valence electrons. The van der Waals surface area contributed by atoms with Gasteiger partial charge in [-0.2, -0.15) is 0 Å². The molecule has 2 N–H and O–H groups in total. The van der Waals surface area contributed by atoms with Crippen LogP contribution in [0.5, 0.6) is 0 Å². The number of methoxy groups -OCH3 is 2. The van der Waals surface area contributed by atoms with Crippen LogP contribution in [0.2, 0.25) is 0 Å². The molecule has 19 heavy (non-hydrogen) atoms. The number of aryl methyl sites for hydroxylation is 1. The molecule has 0 saturated carbocycles. The molecule has 0 aliphatic rings. The topological polar surface area (TPSA) is 47.7 Å². The fourth-order valence-corrected chi connectivity index (χ4v) is 2.03. The number of rotatable bonds is 10. The summed E-state index contributed by atoms with van der Waals surface area (Å²) >= 11 is 0. The van der Waals surface area contributed by atoms with Crippen LogP contribution >= 0.6 is 0 Å². The molecular formula is C15H26N2O2. The molecule has 0 radical (unpaired) electrons. The van der Waals surface area contributed by atoms with Gasteiger partial charge in [0.15, 0.2) is 0 Å². The van der Waals surface area contributed by atoms with Crippen molar-refractivity contribution in [3.63, 3.8) is 0 Å². The Labute approximate surface area is 116 Å². The van der Waals surface area contributed by atoms with Crippen molar-refractivity contribution in [1.29, 1.82) is 0 Å². The van der Waals surface area contributed by atoms with E-state index in [0.717, 1.165) is 51.4 Å². The fraction of sp³-hybridized carbons (Fsp3) is 0.600. The molecule has 0 heterocycles. The van der Waals surface area contributed by atoms with Crippen molar-refractivity contribution in [3.05, 3.63) is 29.8 Å². The summed E-state index contributed by atoms with van der Waals surface area (Å²) in [7, 11) is 3.47. The average Bonchev–Trinajstić information content (AvgIpc) is 2.41. The summed E-state index contributed by atoms with van der Waals surface area (Å²) in [6, 6.07) is 8.12. The van der Waals surface area contributed by atoms with Crippen molar-refractivity contribution in [3.8, 4) is 0 Å². The van der Waals surface area contributed by atoms with E-state index in [1.165, 1.54) is 5.56 Å². The van der Waals surface area contributed by atoms with Crippen LogP contribution < -0.4 is 5.73 Å². The van der Waals surface area contributed by atoms with Gasteiger partial charge < -0.3 is 15.2 Å². The van der Waals surface area contributed by atoms with E-state index >= 15 is 0 Å². The molecule has 0 aromatic heterocycles. The summed E-state index contributed by atoms with van der Waals surface area (Å²) in [4.78, 5) is 2.37. The second kappa shape index (κ2) is 9.78. The van der Waals surface area contributed by atoms with Crippen LogP contribution in [0.3, 0.4) is 0 Å². The highest BCUT2D eigenvalue weighted by molar-refractivity contribution is 5.40. The van der Waals surface area contributed by atoms with E-state index in [0.29, 0.717) is 0 Å². The summed E-state index contributed by atoms with van der Waals surface area (Å²) in [5.41, 5.74) is 7.92. The minimum atomic E-state index is 0.766. The first-order valence-electron chi connectivity index (χ1n) is 6.81. The highest BCUT2D eigenvalue weighted by Crippen LogP contribution is 2.09. The first kappa shape index (κ1) is 16.0. The minimum absolute atomic E-state index is 0.766. The quantitative estimate of drug-likeness (QED) is 0.656. The van der Waals surface area contributed by atoms with Crippen LogP contribution in [0.1, 0.15) is 12.0 Å². The number of nitrogen functional groups attached to an aromatic ring is 1. The first-order chi connectivity index (χ1) is 9.26. The predicted molar refractivity (Wildman–Crippen MR) is 79.4 cm³/mol. The highest BCUT2D eigenvalue weighted by atomic mass is 16.5. The molecule has 0 aliphatic carbocycles. The highest BCUT2D eigenvalue weighted by Gasteiger charge is 2.04. The fourth-order valence-electron chi connectivity index (χ4n) is 2.03. The first-order valence-corrected chi connectivity index (χ1v) is 6.81. The van der Waals surface area contributed by atoms with E-state index in [1.54, 1.807) is 14.2 Å². The molecule has 0 atom stereocenters. The van der Waals surface area contributed by atoms with E-state index in [4.69, 9.17) is 15.2 Å². The molecule has 0 spiro atoms. The lowest BCUT2D eigenvalue weighted by molar-refractivity contribution is 0.113. The van der Waals surface area contributed by atoms with Crippen LogP contribution in [0.25, 0.3) is 0 Å². The second-order valence-corrected chi connectivity index (χ2v) is 4.68. The third kappa shape index (κ3) is 7.15. The number of benzene rings is 1. The summed E-state index contributed by atoms with van der Waals surface area (Å²) in [6.07, 6.45) is 2.18. The zero-order chi connectivity index (χ0) is 13.9. The standard InChI is InChI=1S/C15H26N2O2/c1-18-11-9-17(10-12-19-2)8-4-6-14-5-3-7-15(16)13-14/h3,5,7,13H,4,6,8-12,16H2,1-2H3. The molecular weight excluding hydrogens is 240 g/mol. The lowest BCUT2D eigenvalue weighted by Crippen LogP contribution is -2.31. The Morgan fingerprint density at radius 1 is 1.05 bits per heavy atom. The summed E-state index contributed by atoms with van der Waals surface area (Å²) in [5, 5.41) is 0. The number of hydrogen-bond acceptors (Lipinski definition) is 4. The number of ether oxygens (including phenoxy) is 2.